The molecule has 2 N–H and O–H groups in total. The highest BCUT2D eigenvalue weighted by Gasteiger charge is 2.46. The molecule has 3 rings (SSSR count). The lowest BCUT2D eigenvalue weighted by molar-refractivity contribution is -0.155. The number of aliphatic hydroxyl groups excluding tert-OH is 1. The Morgan fingerprint density at radius 3 is 2.68 bits per heavy atom. The predicted octanol–water partition coefficient (Wildman–Crippen LogP) is 0.0369. The number of carbonyl (C=O) groups excluding carboxylic acids is 2. The van der Waals surface area contributed by atoms with Gasteiger partial charge in [-0.1, -0.05) is 30.3 Å². The van der Waals surface area contributed by atoms with Gasteiger partial charge in [-0.25, -0.2) is 0 Å². The number of piperazine rings is 1. The number of carbonyl (C=O) groups is 2. The highest BCUT2D eigenvalue weighted by molar-refractivity contribution is 5.97. The first-order valence-corrected chi connectivity index (χ1v) is 6.51. The predicted molar refractivity (Wildman–Crippen MR) is 68.0 cm³/mol. The molecule has 2 amide bonds. The molecule has 19 heavy (non-hydrogen) atoms. The Hall–Kier alpha value is -1.88. The van der Waals surface area contributed by atoms with Crippen LogP contribution in [0, 0.1) is 0 Å². The zero-order valence-corrected chi connectivity index (χ0v) is 10.5. The third-order valence-corrected chi connectivity index (χ3v) is 3.81. The maximum Gasteiger partial charge on any atom is 0.248 e. The molecule has 3 atom stereocenters. The van der Waals surface area contributed by atoms with E-state index in [4.69, 9.17) is 0 Å². The molecule has 100 valence electrons. The van der Waals surface area contributed by atoms with Gasteiger partial charge in [0.25, 0.3) is 0 Å². The zero-order chi connectivity index (χ0) is 13.4. The van der Waals surface area contributed by atoms with E-state index in [9.17, 15) is 14.7 Å². The smallest absolute Gasteiger partial charge is 0.248 e. The van der Waals surface area contributed by atoms with Crippen LogP contribution < -0.4 is 5.32 Å². The highest BCUT2D eigenvalue weighted by atomic mass is 16.3. The molecule has 2 heterocycles. The summed E-state index contributed by atoms with van der Waals surface area (Å²) < 4.78 is 0. The number of hydrogen-bond donors (Lipinski definition) is 2. The van der Waals surface area contributed by atoms with Crippen molar-refractivity contribution >= 4 is 11.8 Å². The average molecular weight is 260 g/mol. The fourth-order valence-corrected chi connectivity index (χ4v) is 2.85. The van der Waals surface area contributed by atoms with Crippen LogP contribution in [0.3, 0.4) is 0 Å². The monoisotopic (exact) mass is 260 g/mol. The molecule has 1 aromatic rings. The Kier molecular flexibility index (Phi) is 2.98. The third kappa shape index (κ3) is 2.10. The normalized spacial score (nSPS) is 30.2. The minimum absolute atomic E-state index is 0.155. The number of rotatable bonds is 2. The van der Waals surface area contributed by atoms with Gasteiger partial charge in [0.05, 0.1) is 0 Å². The summed E-state index contributed by atoms with van der Waals surface area (Å²) in [6, 6.07) is 8.49. The van der Waals surface area contributed by atoms with Gasteiger partial charge in [0, 0.05) is 6.42 Å². The number of nitrogens with zero attached hydrogens (tertiary/aromatic N) is 1. The lowest BCUT2D eigenvalue weighted by Gasteiger charge is -2.36. The molecule has 0 aromatic heterocycles. The first-order chi connectivity index (χ1) is 9.16. The van der Waals surface area contributed by atoms with Crippen LogP contribution in [0.5, 0.6) is 0 Å². The fourth-order valence-electron chi connectivity index (χ4n) is 2.85. The molecular weight excluding hydrogens is 244 g/mol. The van der Waals surface area contributed by atoms with E-state index >= 15 is 0 Å². The van der Waals surface area contributed by atoms with Crippen LogP contribution in [0.15, 0.2) is 30.3 Å². The van der Waals surface area contributed by atoms with Crippen molar-refractivity contribution in [2.45, 2.75) is 37.6 Å². The summed E-state index contributed by atoms with van der Waals surface area (Å²) in [6.07, 6.45) is 0.654. The largest absolute Gasteiger partial charge is 0.373 e. The van der Waals surface area contributed by atoms with Crippen LogP contribution in [-0.4, -0.2) is 40.1 Å². The Labute approximate surface area is 111 Å². The molecular formula is C14H16N2O3. The van der Waals surface area contributed by atoms with Crippen LogP contribution in [0.25, 0.3) is 0 Å². The SMILES string of the molecule is O=C1N[C@@H](Cc2ccccc2)C(=O)N2C(O)CC[C@@H]12. The summed E-state index contributed by atoms with van der Waals surface area (Å²) in [5, 5.41) is 12.6. The van der Waals surface area contributed by atoms with Crippen LogP contribution in [0.1, 0.15) is 18.4 Å². The van der Waals surface area contributed by atoms with Crippen molar-refractivity contribution in [1.29, 1.82) is 0 Å². The number of benzene rings is 1. The summed E-state index contributed by atoms with van der Waals surface area (Å²) in [4.78, 5) is 25.6. The number of aliphatic hydroxyl groups is 1. The summed E-state index contributed by atoms with van der Waals surface area (Å²) in [5.41, 5.74) is 0.994. The second-order valence-corrected chi connectivity index (χ2v) is 5.07. The van der Waals surface area contributed by atoms with Gasteiger partial charge in [-0.2, -0.15) is 0 Å². The van der Waals surface area contributed by atoms with Crippen molar-refractivity contribution in [2.75, 3.05) is 0 Å². The van der Waals surface area contributed by atoms with Crippen molar-refractivity contribution in [2.24, 2.45) is 0 Å². The molecule has 1 aromatic carbocycles. The molecule has 5 heteroatoms. The maximum atomic E-state index is 12.3. The van der Waals surface area contributed by atoms with E-state index in [1.54, 1.807) is 0 Å². The third-order valence-electron chi connectivity index (χ3n) is 3.81. The first kappa shape index (κ1) is 12.2. The maximum absolute atomic E-state index is 12.3. The highest BCUT2D eigenvalue weighted by Crippen LogP contribution is 2.27. The van der Waals surface area contributed by atoms with E-state index < -0.39 is 18.3 Å². The standard InChI is InChI=1S/C14H16N2O3/c17-12-7-6-11-13(18)15-10(14(19)16(11)12)8-9-4-2-1-3-5-9/h1-5,10-12,17H,6-8H2,(H,15,18)/t10-,11-,12?/m0/s1. The van der Waals surface area contributed by atoms with E-state index in [0.29, 0.717) is 19.3 Å². The van der Waals surface area contributed by atoms with Crippen molar-refractivity contribution in [3.05, 3.63) is 35.9 Å². The molecule has 1 unspecified atom stereocenters. The summed E-state index contributed by atoms with van der Waals surface area (Å²) in [7, 11) is 0. The quantitative estimate of drug-likeness (QED) is 0.788. The van der Waals surface area contributed by atoms with Gasteiger partial charge in [0.15, 0.2) is 0 Å². The Balaban J connectivity index is 1.80. The summed E-state index contributed by atoms with van der Waals surface area (Å²) >= 11 is 0. The molecule has 2 saturated heterocycles. The van der Waals surface area contributed by atoms with Crippen LogP contribution in [-0.2, 0) is 16.0 Å². The van der Waals surface area contributed by atoms with Crippen LogP contribution in [0.2, 0.25) is 0 Å². The van der Waals surface area contributed by atoms with E-state index in [-0.39, 0.29) is 11.8 Å². The second kappa shape index (κ2) is 4.66. The Bertz CT molecular complexity index is 503. The van der Waals surface area contributed by atoms with Gasteiger partial charge < -0.3 is 15.3 Å². The number of hydrogen-bond acceptors (Lipinski definition) is 3. The fraction of sp³-hybridized carbons (Fsp3) is 0.429. The Morgan fingerprint density at radius 1 is 1.21 bits per heavy atom. The van der Waals surface area contributed by atoms with Gasteiger partial charge in [0.1, 0.15) is 18.3 Å². The number of fused-ring (bicyclic) bond motifs is 1. The average Bonchev–Trinajstić information content (AvgIpc) is 2.80. The van der Waals surface area contributed by atoms with Gasteiger partial charge >= 0.3 is 0 Å². The molecule has 2 aliphatic rings. The topological polar surface area (TPSA) is 69.6 Å². The first-order valence-electron chi connectivity index (χ1n) is 6.51. The Morgan fingerprint density at radius 2 is 1.95 bits per heavy atom. The van der Waals surface area contributed by atoms with Gasteiger partial charge in [-0.05, 0) is 18.4 Å². The van der Waals surface area contributed by atoms with Gasteiger partial charge in [0.2, 0.25) is 11.8 Å². The number of amides is 2. The van der Waals surface area contributed by atoms with Gasteiger partial charge in [-0.15, -0.1) is 0 Å². The minimum Gasteiger partial charge on any atom is -0.373 e. The van der Waals surface area contributed by atoms with Crippen molar-refractivity contribution in [3.8, 4) is 0 Å². The summed E-state index contributed by atoms with van der Waals surface area (Å²) in [6.45, 7) is 0. The lowest BCUT2D eigenvalue weighted by Crippen LogP contribution is -2.63. The molecule has 0 aliphatic carbocycles. The second-order valence-electron chi connectivity index (χ2n) is 5.07. The summed E-state index contributed by atoms with van der Waals surface area (Å²) in [5.74, 6) is -0.337. The van der Waals surface area contributed by atoms with Crippen molar-refractivity contribution in [1.82, 2.24) is 10.2 Å². The molecule has 2 fully saturated rings. The van der Waals surface area contributed by atoms with E-state index in [1.165, 1.54) is 4.90 Å². The molecule has 0 saturated carbocycles. The minimum atomic E-state index is -0.818. The lowest BCUT2D eigenvalue weighted by atomic mass is 10.0. The molecule has 0 bridgehead atoms. The number of nitrogens with one attached hydrogen (secondary N) is 1. The van der Waals surface area contributed by atoms with E-state index in [2.05, 4.69) is 5.32 Å². The van der Waals surface area contributed by atoms with Crippen LogP contribution >= 0.6 is 0 Å². The van der Waals surface area contributed by atoms with Crippen molar-refractivity contribution in [3.63, 3.8) is 0 Å². The molecule has 2 aliphatic heterocycles. The molecule has 0 spiro atoms. The van der Waals surface area contributed by atoms with E-state index in [0.717, 1.165) is 5.56 Å². The zero-order valence-electron chi connectivity index (χ0n) is 10.5. The van der Waals surface area contributed by atoms with Crippen LogP contribution in [0.4, 0.5) is 0 Å². The van der Waals surface area contributed by atoms with Gasteiger partial charge in [-0.3, -0.25) is 9.59 Å². The van der Waals surface area contributed by atoms with Crippen molar-refractivity contribution < 1.29 is 14.7 Å². The molecule has 0 radical (unpaired) electrons. The molecule has 5 nitrogen and oxygen atoms in total. The van der Waals surface area contributed by atoms with E-state index in [1.807, 2.05) is 30.3 Å².